The molecule has 1 N–H and O–H groups in total. The molecular weight excluding hydrogens is 682 g/mol. The number of fused-ring (bicyclic) bond motifs is 1. The van der Waals surface area contributed by atoms with Crippen molar-refractivity contribution >= 4 is 17.7 Å². The van der Waals surface area contributed by atoms with Gasteiger partial charge in [-0.15, -0.1) is 0 Å². The van der Waals surface area contributed by atoms with Crippen molar-refractivity contribution < 1.29 is 42.4 Å². The molecule has 3 heterocycles. The van der Waals surface area contributed by atoms with E-state index in [9.17, 15) is 15.2 Å². The standard InChI is InChI=1S/C39H43ClF2N2O7/c1-23(49-31-13-9-10-16-47-31)21-48-28-15-14-24(20-43)32(35(28)42)33-26-18-39(25-11-7-6-8-12-25,50-29(26)17-27(41)34(33)40)30-19-38(5,46)22-44(30)36(45)51-37(2,3)4/h6-8,11-12,14-15,17,23,30-31,46H,9-10,13,16,18-19,21-22H2,1-5H3/t23-,30-,31-,38+,39?/m0/s1. The number of nitriles is 1. The molecule has 6 rings (SSSR count). The van der Waals surface area contributed by atoms with Gasteiger partial charge < -0.3 is 28.8 Å². The van der Waals surface area contributed by atoms with Gasteiger partial charge in [0, 0.05) is 42.2 Å². The van der Waals surface area contributed by atoms with Gasteiger partial charge in [-0.2, -0.15) is 5.26 Å². The third-order valence-corrected chi connectivity index (χ3v) is 9.81. The number of hydrogen-bond acceptors (Lipinski definition) is 8. The van der Waals surface area contributed by atoms with Gasteiger partial charge >= 0.3 is 6.09 Å². The predicted molar refractivity (Wildman–Crippen MR) is 186 cm³/mol. The maximum absolute atomic E-state index is 16.7. The number of nitrogens with zero attached hydrogens (tertiary/aromatic N) is 2. The Morgan fingerprint density at radius 3 is 2.59 bits per heavy atom. The second-order valence-corrected chi connectivity index (χ2v) is 15.2. The average molecular weight is 725 g/mol. The summed E-state index contributed by atoms with van der Waals surface area (Å²) in [5, 5.41) is 21.1. The molecule has 5 atom stereocenters. The van der Waals surface area contributed by atoms with E-state index < -0.39 is 51.7 Å². The molecule has 0 saturated carbocycles. The van der Waals surface area contributed by atoms with Crippen LogP contribution in [0.3, 0.4) is 0 Å². The zero-order valence-electron chi connectivity index (χ0n) is 29.4. The molecule has 1 unspecified atom stereocenters. The third kappa shape index (κ3) is 7.51. The smallest absolute Gasteiger partial charge is 0.410 e. The topological polar surface area (TPSA) is 110 Å². The summed E-state index contributed by atoms with van der Waals surface area (Å²) in [4.78, 5) is 15.1. The maximum atomic E-state index is 16.7. The molecule has 0 aromatic heterocycles. The average Bonchev–Trinajstić information content (AvgIpc) is 3.63. The normalized spacial score (nSPS) is 25.1. The monoisotopic (exact) mass is 724 g/mol. The van der Waals surface area contributed by atoms with Crippen molar-refractivity contribution in [2.24, 2.45) is 0 Å². The quantitative estimate of drug-likeness (QED) is 0.249. The molecule has 9 nitrogen and oxygen atoms in total. The van der Waals surface area contributed by atoms with E-state index in [0.29, 0.717) is 17.7 Å². The van der Waals surface area contributed by atoms with Crippen LogP contribution in [0.4, 0.5) is 13.6 Å². The van der Waals surface area contributed by atoms with E-state index in [-0.39, 0.29) is 60.5 Å². The number of ether oxygens (including phenoxy) is 5. The predicted octanol–water partition coefficient (Wildman–Crippen LogP) is 8.06. The van der Waals surface area contributed by atoms with Crippen LogP contribution in [0, 0.1) is 23.0 Å². The van der Waals surface area contributed by atoms with Gasteiger partial charge in [-0.1, -0.05) is 41.9 Å². The van der Waals surface area contributed by atoms with Gasteiger partial charge in [0.1, 0.15) is 23.8 Å². The van der Waals surface area contributed by atoms with Gasteiger partial charge in [0.15, 0.2) is 23.5 Å². The first kappa shape index (κ1) is 36.8. The lowest BCUT2D eigenvalue weighted by molar-refractivity contribution is -0.189. The Morgan fingerprint density at radius 2 is 1.92 bits per heavy atom. The number of hydrogen-bond donors (Lipinski definition) is 1. The van der Waals surface area contributed by atoms with Crippen LogP contribution in [0.2, 0.25) is 5.02 Å². The van der Waals surface area contributed by atoms with Gasteiger partial charge in [-0.25, -0.2) is 13.6 Å². The highest BCUT2D eigenvalue weighted by Gasteiger charge is 2.58. The highest BCUT2D eigenvalue weighted by Crippen LogP contribution is 2.54. The molecule has 12 heteroatoms. The van der Waals surface area contributed by atoms with Gasteiger partial charge in [0.05, 0.1) is 40.9 Å². The fraction of sp³-hybridized carbons (Fsp3) is 0.487. The van der Waals surface area contributed by atoms with Crippen molar-refractivity contribution in [1.29, 1.82) is 5.26 Å². The molecule has 2 saturated heterocycles. The summed E-state index contributed by atoms with van der Waals surface area (Å²) >= 11 is 6.69. The molecular formula is C39H43ClF2N2O7. The Kier molecular flexibility index (Phi) is 10.3. The Balaban J connectivity index is 1.43. The number of likely N-dealkylation sites (tertiary alicyclic amines) is 1. The minimum absolute atomic E-state index is 0.0105. The molecule has 0 radical (unpaired) electrons. The highest BCUT2D eigenvalue weighted by molar-refractivity contribution is 6.34. The summed E-state index contributed by atoms with van der Waals surface area (Å²) in [6.45, 7) is 9.20. The fourth-order valence-corrected chi connectivity index (χ4v) is 7.51. The fourth-order valence-electron chi connectivity index (χ4n) is 7.25. The first-order valence-electron chi connectivity index (χ1n) is 17.2. The van der Waals surface area contributed by atoms with Crippen LogP contribution in [-0.2, 0) is 26.2 Å². The van der Waals surface area contributed by atoms with Crippen LogP contribution in [0.15, 0.2) is 48.5 Å². The Labute approximate surface area is 302 Å². The number of β-amino-alcohol motifs (C(OH)–C–C–N with tert-alkyl or cyclic N) is 1. The molecule has 3 aliphatic rings. The van der Waals surface area contributed by atoms with Crippen molar-refractivity contribution in [3.05, 3.63) is 81.9 Å². The van der Waals surface area contributed by atoms with E-state index in [1.807, 2.05) is 36.4 Å². The summed E-state index contributed by atoms with van der Waals surface area (Å²) in [5.41, 5.74) is -2.96. The third-order valence-electron chi connectivity index (χ3n) is 9.44. The highest BCUT2D eigenvalue weighted by atomic mass is 35.5. The SMILES string of the molecule is C[C@@H](COc1ccc(C#N)c(-c2c(Cl)c(F)cc3c2CC(c2ccccc2)([C@@H]2C[C@@](C)(O)CN2C(=O)OC(C)(C)C)O3)c1F)O[C@H]1CCCCO1. The summed E-state index contributed by atoms with van der Waals surface area (Å²) in [6.07, 6.45) is 1.33. The lowest BCUT2D eigenvalue weighted by Gasteiger charge is -2.40. The number of rotatable bonds is 8. The number of halogens is 3. The van der Waals surface area contributed by atoms with Crippen LogP contribution in [0.5, 0.6) is 11.5 Å². The zero-order chi connectivity index (χ0) is 36.7. The Morgan fingerprint density at radius 1 is 1.18 bits per heavy atom. The molecule has 2 fully saturated rings. The molecule has 0 spiro atoms. The Hall–Kier alpha value is -3.95. The van der Waals surface area contributed by atoms with E-state index in [0.717, 1.165) is 25.3 Å². The van der Waals surface area contributed by atoms with E-state index in [4.69, 9.17) is 35.3 Å². The van der Waals surface area contributed by atoms with Gasteiger partial charge in [-0.3, -0.25) is 4.90 Å². The van der Waals surface area contributed by atoms with Crippen molar-refractivity contribution in [2.75, 3.05) is 19.8 Å². The molecule has 51 heavy (non-hydrogen) atoms. The molecule has 3 aliphatic heterocycles. The Bertz CT molecular complexity index is 1820. The van der Waals surface area contributed by atoms with Crippen LogP contribution < -0.4 is 9.47 Å². The summed E-state index contributed by atoms with van der Waals surface area (Å²) in [7, 11) is 0. The van der Waals surface area contributed by atoms with Crippen LogP contribution in [0.1, 0.15) is 77.0 Å². The van der Waals surface area contributed by atoms with Crippen molar-refractivity contribution in [3.8, 4) is 28.7 Å². The zero-order valence-corrected chi connectivity index (χ0v) is 30.2. The van der Waals surface area contributed by atoms with Crippen LogP contribution in [-0.4, -0.2) is 65.5 Å². The largest absolute Gasteiger partial charge is 0.488 e. The molecule has 1 amide bonds. The second-order valence-electron chi connectivity index (χ2n) is 14.8. The number of aliphatic hydroxyl groups is 1. The van der Waals surface area contributed by atoms with E-state index in [2.05, 4.69) is 0 Å². The lowest BCUT2D eigenvalue weighted by Crippen LogP contribution is -2.53. The van der Waals surface area contributed by atoms with Crippen molar-refractivity contribution in [3.63, 3.8) is 0 Å². The lowest BCUT2D eigenvalue weighted by atomic mass is 9.78. The van der Waals surface area contributed by atoms with Gasteiger partial charge in [0.2, 0.25) is 0 Å². The molecule has 0 aliphatic carbocycles. The number of carbonyl (C=O) groups excluding carboxylic acids is 1. The van der Waals surface area contributed by atoms with E-state index >= 15 is 8.78 Å². The molecule has 3 aromatic carbocycles. The number of carbonyl (C=O) groups is 1. The minimum atomic E-state index is -1.39. The summed E-state index contributed by atoms with van der Waals surface area (Å²) < 4.78 is 62.4. The van der Waals surface area contributed by atoms with Crippen LogP contribution >= 0.6 is 11.6 Å². The summed E-state index contributed by atoms with van der Waals surface area (Å²) in [6, 6.07) is 14.2. The molecule has 272 valence electrons. The van der Waals surface area contributed by atoms with E-state index in [1.54, 1.807) is 34.6 Å². The summed E-state index contributed by atoms with van der Waals surface area (Å²) in [5.74, 6) is -1.90. The number of benzene rings is 3. The van der Waals surface area contributed by atoms with Gasteiger partial charge in [-0.05, 0) is 71.6 Å². The first-order valence-corrected chi connectivity index (χ1v) is 17.6. The van der Waals surface area contributed by atoms with Crippen LogP contribution in [0.25, 0.3) is 11.1 Å². The molecule has 3 aromatic rings. The molecule has 0 bridgehead atoms. The first-order chi connectivity index (χ1) is 24.1. The maximum Gasteiger partial charge on any atom is 0.410 e. The van der Waals surface area contributed by atoms with E-state index in [1.165, 1.54) is 17.0 Å². The van der Waals surface area contributed by atoms with Gasteiger partial charge in [0.25, 0.3) is 0 Å². The second kappa shape index (κ2) is 14.2. The minimum Gasteiger partial charge on any atom is -0.488 e. The van der Waals surface area contributed by atoms with Crippen molar-refractivity contribution in [2.45, 2.75) is 102 Å². The number of amides is 1. The van der Waals surface area contributed by atoms with Crippen molar-refractivity contribution in [1.82, 2.24) is 4.90 Å².